The number of carbonyl (C=O) groups is 2. The van der Waals surface area contributed by atoms with E-state index < -0.39 is 34.3 Å². The van der Waals surface area contributed by atoms with Gasteiger partial charge in [0.2, 0.25) is 0 Å². The first-order chi connectivity index (χ1) is 26.6. The van der Waals surface area contributed by atoms with Gasteiger partial charge in [-0.1, -0.05) is 42.0 Å². The predicted molar refractivity (Wildman–Crippen MR) is 222 cm³/mol. The number of nitrogens with two attached hydrogens (primary N) is 3. The van der Waals surface area contributed by atoms with E-state index in [1.54, 1.807) is 44.4 Å². The van der Waals surface area contributed by atoms with Crippen molar-refractivity contribution in [2.75, 3.05) is 10.6 Å². The minimum absolute atomic E-state index is 0.298. The zero-order valence-electron chi connectivity index (χ0n) is 34.4. The van der Waals surface area contributed by atoms with Gasteiger partial charge < -0.3 is 52.1 Å². The molecule has 0 bridgehead atoms. The van der Waals surface area contributed by atoms with Crippen molar-refractivity contribution >= 4 is 23.4 Å². The molecule has 0 saturated heterocycles. The van der Waals surface area contributed by atoms with Crippen LogP contribution in [0.2, 0.25) is 0 Å². The molecule has 6 rings (SSSR count). The van der Waals surface area contributed by atoms with Crippen LogP contribution < -0.4 is 42.6 Å². The van der Waals surface area contributed by atoms with E-state index in [0.29, 0.717) is 52.3 Å². The number of alkyl carbamates (subject to hydrolysis) is 1. The summed E-state index contributed by atoms with van der Waals surface area (Å²) in [6.45, 7) is 18.5. The molecule has 302 valence electrons. The highest BCUT2D eigenvalue weighted by atomic mass is 16.6. The third kappa shape index (κ3) is 10.2. The number of hydrogen-bond donors (Lipinski definition) is 6. The Morgan fingerprint density at radius 3 is 1.68 bits per heavy atom. The Morgan fingerprint density at radius 1 is 0.684 bits per heavy atom. The van der Waals surface area contributed by atoms with Crippen molar-refractivity contribution < 1.29 is 28.5 Å². The number of aromatic nitrogens is 1. The van der Waals surface area contributed by atoms with Crippen LogP contribution in [0.25, 0.3) is 0 Å². The first-order valence-corrected chi connectivity index (χ1v) is 18.7. The normalized spacial score (nSPS) is 15.6. The summed E-state index contributed by atoms with van der Waals surface area (Å²) in [5.41, 5.74) is 21.0. The second-order valence-corrected chi connectivity index (χ2v) is 16.4. The van der Waals surface area contributed by atoms with Crippen LogP contribution in [0.15, 0.2) is 108 Å². The van der Waals surface area contributed by atoms with E-state index in [9.17, 15) is 9.59 Å². The van der Waals surface area contributed by atoms with Crippen molar-refractivity contribution in [1.29, 1.82) is 0 Å². The molecule has 3 heterocycles. The standard InChI is InChI=1S/C23H29N3O3.C21H26N4O3/c1-14-6-8-16(9-7-14)13-23(25,21(27)29-22(3,4)5)17-10-11-19-18(12-17)26-20(24)15(2)28-19;1-13-18(22)24-16-12-15(6-7-17(16)27-13)21(5,14-8-10-23-11-9-14)25-19(26)28-20(2,3)4/h6-12,26H,13,24-25H2,1-5H3;6-12,24H,22H2,1-5H3,(H,25,26). The summed E-state index contributed by atoms with van der Waals surface area (Å²) in [5, 5.41) is 9.26. The minimum Gasteiger partial charge on any atom is -0.458 e. The number of anilines is 2. The molecule has 1 amide bonds. The summed E-state index contributed by atoms with van der Waals surface area (Å²) in [4.78, 5) is 29.9. The predicted octanol–water partition coefficient (Wildman–Crippen LogP) is 7.51. The smallest absolute Gasteiger partial charge is 0.408 e. The first kappa shape index (κ1) is 41.9. The van der Waals surface area contributed by atoms with Crippen LogP contribution in [0.3, 0.4) is 0 Å². The van der Waals surface area contributed by atoms with Gasteiger partial charge in [0.15, 0.2) is 11.5 Å². The molecule has 4 aromatic rings. The van der Waals surface area contributed by atoms with E-state index >= 15 is 0 Å². The maximum atomic E-state index is 13.2. The Balaban J connectivity index is 0.000000218. The molecular formula is C44H55N7O6. The van der Waals surface area contributed by atoms with Crippen LogP contribution in [0, 0.1) is 6.92 Å². The highest BCUT2D eigenvalue weighted by Crippen LogP contribution is 2.39. The van der Waals surface area contributed by atoms with Crippen LogP contribution in [0.1, 0.15) is 90.1 Å². The molecule has 0 radical (unpaired) electrons. The fourth-order valence-corrected chi connectivity index (χ4v) is 6.12. The molecule has 3 aromatic carbocycles. The molecular weight excluding hydrogens is 723 g/mol. The van der Waals surface area contributed by atoms with Crippen molar-refractivity contribution in [2.45, 2.75) is 97.9 Å². The number of hydrogen-bond acceptors (Lipinski definition) is 12. The number of rotatable bonds is 7. The van der Waals surface area contributed by atoms with Crippen molar-refractivity contribution in [2.24, 2.45) is 17.2 Å². The summed E-state index contributed by atoms with van der Waals surface area (Å²) >= 11 is 0. The third-order valence-electron chi connectivity index (χ3n) is 9.25. The van der Waals surface area contributed by atoms with Gasteiger partial charge >= 0.3 is 12.1 Å². The molecule has 9 N–H and O–H groups in total. The number of nitrogens with zero attached hydrogens (tertiary/aromatic N) is 1. The largest absolute Gasteiger partial charge is 0.458 e. The molecule has 0 aliphatic carbocycles. The highest BCUT2D eigenvalue weighted by Gasteiger charge is 2.41. The lowest BCUT2D eigenvalue weighted by atomic mass is 9.84. The maximum absolute atomic E-state index is 13.2. The van der Waals surface area contributed by atoms with E-state index in [4.69, 9.17) is 36.1 Å². The van der Waals surface area contributed by atoms with Gasteiger partial charge in [0, 0.05) is 18.8 Å². The number of aryl methyl sites for hydroxylation is 1. The van der Waals surface area contributed by atoms with Crippen molar-refractivity contribution in [3.63, 3.8) is 0 Å². The number of fused-ring (bicyclic) bond motifs is 2. The molecule has 0 spiro atoms. The lowest BCUT2D eigenvalue weighted by Gasteiger charge is -2.34. The summed E-state index contributed by atoms with van der Waals surface area (Å²) in [6, 6.07) is 22.7. The fraction of sp³-hybridized carbons (Fsp3) is 0.341. The van der Waals surface area contributed by atoms with E-state index in [0.717, 1.165) is 27.9 Å². The zero-order valence-corrected chi connectivity index (χ0v) is 34.4. The quantitative estimate of drug-likeness (QED) is 0.101. The lowest BCUT2D eigenvalue weighted by Crippen LogP contribution is -2.50. The van der Waals surface area contributed by atoms with Crippen LogP contribution >= 0.6 is 0 Å². The maximum Gasteiger partial charge on any atom is 0.408 e. The fourth-order valence-electron chi connectivity index (χ4n) is 6.12. The Morgan fingerprint density at radius 2 is 1.18 bits per heavy atom. The summed E-state index contributed by atoms with van der Waals surface area (Å²) < 4.78 is 22.6. The summed E-state index contributed by atoms with van der Waals surface area (Å²) in [6.07, 6.45) is 3.17. The number of amides is 1. The third-order valence-corrected chi connectivity index (χ3v) is 9.25. The Kier molecular flexibility index (Phi) is 11.8. The second-order valence-electron chi connectivity index (χ2n) is 16.4. The highest BCUT2D eigenvalue weighted by molar-refractivity contribution is 5.84. The van der Waals surface area contributed by atoms with Crippen molar-refractivity contribution in [1.82, 2.24) is 10.3 Å². The van der Waals surface area contributed by atoms with Gasteiger partial charge in [0.25, 0.3) is 0 Å². The molecule has 2 unspecified atom stereocenters. The molecule has 13 heteroatoms. The molecule has 2 atom stereocenters. The van der Waals surface area contributed by atoms with Gasteiger partial charge in [-0.2, -0.15) is 0 Å². The van der Waals surface area contributed by atoms with Crippen LogP contribution in [0.4, 0.5) is 16.2 Å². The topological polar surface area (TPSA) is 198 Å². The van der Waals surface area contributed by atoms with E-state index in [1.165, 1.54) is 0 Å². The number of pyridine rings is 1. The molecule has 1 aromatic heterocycles. The molecule has 2 aliphatic rings. The molecule has 57 heavy (non-hydrogen) atoms. The monoisotopic (exact) mass is 777 g/mol. The Labute approximate surface area is 335 Å². The first-order valence-electron chi connectivity index (χ1n) is 18.7. The van der Waals surface area contributed by atoms with E-state index in [2.05, 4.69) is 20.9 Å². The Bertz CT molecular complexity index is 2190. The van der Waals surface area contributed by atoms with Crippen LogP contribution in [-0.2, 0) is 31.8 Å². The zero-order chi connectivity index (χ0) is 41.9. The van der Waals surface area contributed by atoms with Gasteiger partial charge in [-0.3, -0.25) is 4.98 Å². The van der Waals surface area contributed by atoms with Gasteiger partial charge in [0.05, 0.1) is 16.9 Å². The average molecular weight is 778 g/mol. The molecule has 13 nitrogen and oxygen atoms in total. The number of carbonyl (C=O) groups excluding carboxylic acids is 2. The number of benzene rings is 3. The summed E-state index contributed by atoms with van der Waals surface area (Å²) in [5.74, 6) is 2.90. The van der Waals surface area contributed by atoms with Crippen molar-refractivity contribution in [3.05, 3.63) is 136 Å². The lowest BCUT2D eigenvalue weighted by molar-refractivity contribution is -0.162. The van der Waals surface area contributed by atoms with Gasteiger partial charge in [0.1, 0.15) is 39.9 Å². The number of ether oxygens (including phenoxy) is 4. The number of allylic oxidation sites excluding steroid dienone is 2. The number of nitrogens with one attached hydrogen (secondary N) is 3. The van der Waals surface area contributed by atoms with Crippen LogP contribution in [0.5, 0.6) is 11.5 Å². The average Bonchev–Trinajstić information content (AvgIpc) is 3.12. The molecule has 2 aliphatic heterocycles. The minimum atomic E-state index is -1.37. The second kappa shape index (κ2) is 16.1. The van der Waals surface area contributed by atoms with Crippen molar-refractivity contribution in [3.8, 4) is 11.5 Å². The van der Waals surface area contributed by atoms with E-state index in [-0.39, 0.29) is 0 Å². The summed E-state index contributed by atoms with van der Waals surface area (Å²) in [7, 11) is 0. The van der Waals surface area contributed by atoms with Gasteiger partial charge in [-0.25, -0.2) is 9.59 Å². The molecule has 0 saturated carbocycles. The van der Waals surface area contributed by atoms with Gasteiger partial charge in [-0.05, 0) is 128 Å². The van der Waals surface area contributed by atoms with E-state index in [1.807, 2.05) is 110 Å². The molecule has 0 fully saturated rings. The van der Waals surface area contributed by atoms with Crippen LogP contribution in [-0.4, -0.2) is 28.2 Å². The Hall–Kier alpha value is -6.21. The van der Waals surface area contributed by atoms with Gasteiger partial charge in [-0.15, -0.1) is 0 Å². The number of esters is 1. The SMILES string of the molecule is CC1=C(N)Nc2cc(C(C)(NC(=O)OC(C)(C)C)c3ccncc3)ccc2O1.CC1=C(N)Nc2cc(C(N)(Cc3ccc(C)cc3)C(=O)OC(C)(C)C)ccc2O1.